The molecule has 1 N–H and O–H groups in total. The lowest BCUT2D eigenvalue weighted by molar-refractivity contribution is 0.487. The topological polar surface area (TPSA) is 29.9 Å². The largest absolute Gasteiger partial charge is 0.329 e. The molecule has 2 aromatic rings. The minimum atomic E-state index is 0.387. The summed E-state index contributed by atoms with van der Waals surface area (Å²) in [6.07, 6.45) is 5.74. The molecule has 0 fully saturated rings. The summed E-state index contributed by atoms with van der Waals surface area (Å²) in [5.74, 6) is 0. The molecule has 1 atom stereocenters. The molecule has 1 aliphatic rings. The Hall–Kier alpha value is -1.61. The highest BCUT2D eigenvalue weighted by molar-refractivity contribution is 5.32. The maximum atomic E-state index is 4.11. The van der Waals surface area contributed by atoms with E-state index in [0.29, 0.717) is 6.04 Å². The zero-order valence-electron chi connectivity index (χ0n) is 8.43. The van der Waals surface area contributed by atoms with Crippen LogP contribution in [0.2, 0.25) is 0 Å². The summed E-state index contributed by atoms with van der Waals surface area (Å²) >= 11 is 0. The van der Waals surface area contributed by atoms with Gasteiger partial charge in [0.25, 0.3) is 0 Å². The van der Waals surface area contributed by atoms with Crippen molar-refractivity contribution >= 4 is 0 Å². The van der Waals surface area contributed by atoms with Gasteiger partial charge in [0.1, 0.15) is 0 Å². The standard InChI is InChI=1S/C12H13N3/c1-2-4-11-10(3-1)7-14-8-12(11)15-6-5-13-9-15/h1-6,9,12,14H,7-8H2. The second-order valence-electron chi connectivity index (χ2n) is 3.86. The van der Waals surface area contributed by atoms with Gasteiger partial charge in [-0.15, -0.1) is 0 Å². The summed E-state index contributed by atoms with van der Waals surface area (Å²) in [6, 6.07) is 8.98. The Balaban J connectivity index is 2.06. The molecule has 0 spiro atoms. The van der Waals surface area contributed by atoms with E-state index in [9.17, 15) is 0 Å². The summed E-state index contributed by atoms with van der Waals surface area (Å²) in [4.78, 5) is 4.11. The van der Waals surface area contributed by atoms with Gasteiger partial charge in [-0.2, -0.15) is 0 Å². The first kappa shape index (κ1) is 8.68. The average molecular weight is 199 g/mol. The molecule has 1 aromatic heterocycles. The Morgan fingerprint density at radius 3 is 3.13 bits per heavy atom. The van der Waals surface area contributed by atoms with Gasteiger partial charge in [0, 0.05) is 25.5 Å². The van der Waals surface area contributed by atoms with E-state index < -0.39 is 0 Å². The predicted octanol–water partition coefficient (Wildman–Crippen LogP) is 1.58. The first-order valence-corrected chi connectivity index (χ1v) is 5.21. The van der Waals surface area contributed by atoms with Crippen molar-refractivity contribution in [1.29, 1.82) is 0 Å². The Morgan fingerprint density at radius 2 is 2.27 bits per heavy atom. The SMILES string of the molecule is c1ccc2c(c1)CNCC2n1ccnc1. The second-order valence-corrected chi connectivity index (χ2v) is 3.86. The van der Waals surface area contributed by atoms with Gasteiger partial charge in [0.15, 0.2) is 0 Å². The third kappa shape index (κ3) is 1.45. The number of imidazole rings is 1. The molecule has 0 saturated carbocycles. The molecule has 1 aliphatic heterocycles. The first-order valence-electron chi connectivity index (χ1n) is 5.21. The van der Waals surface area contributed by atoms with Gasteiger partial charge in [-0.05, 0) is 11.1 Å². The molecule has 3 nitrogen and oxygen atoms in total. The van der Waals surface area contributed by atoms with Crippen LogP contribution in [0.3, 0.4) is 0 Å². The first-order chi connectivity index (χ1) is 7.45. The van der Waals surface area contributed by atoms with E-state index >= 15 is 0 Å². The minimum Gasteiger partial charge on any atom is -0.329 e. The quantitative estimate of drug-likeness (QED) is 0.755. The molecule has 0 saturated heterocycles. The molecule has 0 bridgehead atoms. The van der Waals surface area contributed by atoms with Gasteiger partial charge >= 0.3 is 0 Å². The summed E-state index contributed by atoms with van der Waals surface area (Å²) in [6.45, 7) is 1.95. The molecule has 0 amide bonds. The normalized spacial score (nSPS) is 19.9. The number of nitrogens with zero attached hydrogens (tertiary/aromatic N) is 2. The predicted molar refractivity (Wildman–Crippen MR) is 58.5 cm³/mol. The highest BCUT2D eigenvalue weighted by atomic mass is 15.1. The van der Waals surface area contributed by atoms with E-state index in [1.54, 1.807) is 0 Å². The molecule has 1 aromatic carbocycles. The van der Waals surface area contributed by atoms with Crippen LogP contribution in [0.25, 0.3) is 0 Å². The van der Waals surface area contributed by atoms with E-state index in [1.165, 1.54) is 11.1 Å². The fraction of sp³-hybridized carbons (Fsp3) is 0.250. The average Bonchev–Trinajstić information content (AvgIpc) is 2.82. The fourth-order valence-electron chi connectivity index (χ4n) is 2.19. The van der Waals surface area contributed by atoms with E-state index in [4.69, 9.17) is 0 Å². The Bertz CT molecular complexity index is 448. The number of fused-ring (bicyclic) bond motifs is 1. The summed E-state index contributed by atoms with van der Waals surface area (Å²) in [5.41, 5.74) is 2.80. The van der Waals surface area contributed by atoms with Crippen LogP contribution in [-0.4, -0.2) is 16.1 Å². The van der Waals surface area contributed by atoms with Crippen molar-refractivity contribution in [2.45, 2.75) is 12.6 Å². The molecule has 0 radical (unpaired) electrons. The van der Waals surface area contributed by atoms with Crippen LogP contribution >= 0.6 is 0 Å². The Morgan fingerprint density at radius 1 is 1.33 bits per heavy atom. The van der Waals surface area contributed by atoms with Crippen LogP contribution in [-0.2, 0) is 6.54 Å². The van der Waals surface area contributed by atoms with E-state index in [0.717, 1.165) is 13.1 Å². The van der Waals surface area contributed by atoms with Crippen LogP contribution in [0.4, 0.5) is 0 Å². The molecule has 76 valence electrons. The number of benzene rings is 1. The smallest absolute Gasteiger partial charge is 0.0952 e. The minimum absolute atomic E-state index is 0.387. The zero-order chi connectivity index (χ0) is 10.1. The molecular weight excluding hydrogens is 186 g/mol. The van der Waals surface area contributed by atoms with Crippen LogP contribution in [0.15, 0.2) is 43.0 Å². The Labute approximate surface area is 88.8 Å². The second kappa shape index (κ2) is 3.51. The highest BCUT2D eigenvalue weighted by Gasteiger charge is 2.19. The van der Waals surface area contributed by atoms with Gasteiger partial charge in [0.2, 0.25) is 0 Å². The fourth-order valence-corrected chi connectivity index (χ4v) is 2.19. The van der Waals surface area contributed by atoms with Crippen molar-refractivity contribution in [1.82, 2.24) is 14.9 Å². The molecular formula is C12H13N3. The number of nitrogens with one attached hydrogen (secondary N) is 1. The summed E-state index contributed by atoms with van der Waals surface area (Å²) in [5, 5.41) is 3.43. The number of hydrogen-bond acceptors (Lipinski definition) is 2. The molecule has 3 heteroatoms. The molecule has 2 heterocycles. The molecule has 15 heavy (non-hydrogen) atoms. The van der Waals surface area contributed by atoms with Gasteiger partial charge in [-0.1, -0.05) is 24.3 Å². The van der Waals surface area contributed by atoms with Gasteiger partial charge < -0.3 is 9.88 Å². The lowest BCUT2D eigenvalue weighted by Gasteiger charge is -2.27. The van der Waals surface area contributed by atoms with E-state index in [2.05, 4.69) is 39.1 Å². The monoisotopic (exact) mass is 199 g/mol. The van der Waals surface area contributed by atoms with Crippen molar-refractivity contribution in [3.05, 3.63) is 54.1 Å². The third-order valence-corrected chi connectivity index (χ3v) is 2.95. The lowest BCUT2D eigenvalue weighted by atomic mass is 9.97. The number of rotatable bonds is 1. The zero-order valence-corrected chi connectivity index (χ0v) is 8.43. The Kier molecular flexibility index (Phi) is 2.03. The van der Waals surface area contributed by atoms with Gasteiger partial charge in [-0.25, -0.2) is 4.98 Å². The molecule has 0 aliphatic carbocycles. The van der Waals surface area contributed by atoms with Crippen molar-refractivity contribution in [2.24, 2.45) is 0 Å². The van der Waals surface area contributed by atoms with Crippen LogP contribution in [0, 0.1) is 0 Å². The summed E-state index contributed by atoms with van der Waals surface area (Å²) < 4.78 is 2.16. The highest BCUT2D eigenvalue weighted by Crippen LogP contribution is 2.24. The summed E-state index contributed by atoms with van der Waals surface area (Å²) in [7, 11) is 0. The molecule has 3 rings (SSSR count). The van der Waals surface area contributed by atoms with Gasteiger partial charge in [-0.3, -0.25) is 0 Å². The van der Waals surface area contributed by atoms with Crippen molar-refractivity contribution in [2.75, 3.05) is 6.54 Å². The number of aromatic nitrogens is 2. The van der Waals surface area contributed by atoms with E-state index in [-0.39, 0.29) is 0 Å². The maximum absolute atomic E-state index is 4.11. The van der Waals surface area contributed by atoms with Crippen LogP contribution in [0.1, 0.15) is 17.2 Å². The van der Waals surface area contributed by atoms with Crippen molar-refractivity contribution in [3.8, 4) is 0 Å². The van der Waals surface area contributed by atoms with Crippen LogP contribution < -0.4 is 5.32 Å². The number of hydrogen-bond donors (Lipinski definition) is 1. The van der Waals surface area contributed by atoms with Gasteiger partial charge in [0.05, 0.1) is 12.4 Å². The third-order valence-electron chi connectivity index (χ3n) is 2.95. The van der Waals surface area contributed by atoms with Crippen molar-refractivity contribution < 1.29 is 0 Å². The maximum Gasteiger partial charge on any atom is 0.0952 e. The van der Waals surface area contributed by atoms with E-state index in [1.807, 2.05) is 18.7 Å². The van der Waals surface area contributed by atoms with Crippen LogP contribution in [0.5, 0.6) is 0 Å². The lowest BCUT2D eigenvalue weighted by Crippen LogP contribution is -2.31. The van der Waals surface area contributed by atoms with Crippen molar-refractivity contribution in [3.63, 3.8) is 0 Å². The molecule has 1 unspecified atom stereocenters.